The fourth-order valence-electron chi connectivity index (χ4n) is 2.04. The molecule has 116 valence electrons. The van der Waals surface area contributed by atoms with Crippen molar-refractivity contribution in [1.29, 1.82) is 0 Å². The molecule has 0 aliphatic rings. The Hall–Kier alpha value is -2.64. The van der Waals surface area contributed by atoms with Gasteiger partial charge in [-0.15, -0.1) is 0 Å². The number of nitrogens with one attached hydrogen (secondary N) is 2. The summed E-state index contributed by atoms with van der Waals surface area (Å²) in [6, 6.07) is 12.8. The van der Waals surface area contributed by atoms with Gasteiger partial charge in [0.25, 0.3) is 0 Å². The number of hydrogen-bond acceptors (Lipinski definition) is 6. The van der Waals surface area contributed by atoms with Gasteiger partial charge in [-0.3, -0.25) is 15.5 Å². The van der Waals surface area contributed by atoms with E-state index in [4.69, 9.17) is 5.21 Å². The highest BCUT2D eigenvalue weighted by Crippen LogP contribution is 2.27. The zero-order valence-electron chi connectivity index (χ0n) is 12.3. The first-order valence-electron chi connectivity index (χ1n) is 6.86. The third kappa shape index (κ3) is 3.77. The van der Waals surface area contributed by atoms with E-state index < -0.39 is 0 Å². The van der Waals surface area contributed by atoms with Crippen molar-refractivity contribution >= 4 is 39.9 Å². The minimum absolute atomic E-state index is 0.100. The molecule has 0 fully saturated rings. The van der Waals surface area contributed by atoms with E-state index in [0.29, 0.717) is 10.8 Å². The second-order valence-corrected chi connectivity index (χ2v) is 5.89. The maximum absolute atomic E-state index is 11.0. The molecule has 0 aliphatic carbocycles. The van der Waals surface area contributed by atoms with Crippen LogP contribution < -0.4 is 10.8 Å². The summed E-state index contributed by atoms with van der Waals surface area (Å²) in [5, 5.41) is 13.2. The number of aromatic nitrogens is 2. The zero-order valence-corrected chi connectivity index (χ0v) is 13.1. The Balaban J connectivity index is 1.81. The first-order chi connectivity index (χ1) is 11.1. The third-order valence-corrected chi connectivity index (χ3v) is 3.96. The lowest BCUT2D eigenvalue weighted by Crippen LogP contribution is -2.05. The first-order valence-corrected chi connectivity index (χ1v) is 7.68. The maximum Gasteiger partial charge on any atom is 0.221 e. The van der Waals surface area contributed by atoms with Crippen LogP contribution in [0.15, 0.2) is 58.7 Å². The van der Waals surface area contributed by atoms with E-state index in [0.717, 1.165) is 21.5 Å². The number of rotatable bonds is 4. The van der Waals surface area contributed by atoms with Crippen molar-refractivity contribution in [2.24, 2.45) is 0 Å². The minimum Gasteiger partial charge on any atom is -0.326 e. The molecule has 0 spiro atoms. The molecule has 3 rings (SSSR count). The number of benzene rings is 2. The summed E-state index contributed by atoms with van der Waals surface area (Å²) >= 11 is 1.43. The largest absolute Gasteiger partial charge is 0.326 e. The fraction of sp³-hybridized carbons (Fsp3) is 0.0625. The average molecular weight is 326 g/mol. The van der Waals surface area contributed by atoms with Gasteiger partial charge in [-0.2, -0.15) is 0 Å². The van der Waals surface area contributed by atoms with Gasteiger partial charge in [-0.1, -0.05) is 0 Å². The summed E-state index contributed by atoms with van der Waals surface area (Å²) in [5.41, 5.74) is 4.18. The Kier molecular flexibility index (Phi) is 4.40. The highest BCUT2D eigenvalue weighted by molar-refractivity contribution is 7.99. The second kappa shape index (κ2) is 6.64. The molecule has 0 saturated carbocycles. The van der Waals surface area contributed by atoms with Crippen molar-refractivity contribution in [2.45, 2.75) is 17.0 Å². The normalized spacial score (nSPS) is 10.5. The van der Waals surface area contributed by atoms with Crippen LogP contribution in [-0.4, -0.2) is 21.1 Å². The summed E-state index contributed by atoms with van der Waals surface area (Å²) in [7, 11) is 0. The topological polar surface area (TPSA) is 87.1 Å². The van der Waals surface area contributed by atoms with Crippen molar-refractivity contribution in [3.05, 3.63) is 48.7 Å². The molecule has 1 aromatic heterocycles. The van der Waals surface area contributed by atoms with E-state index in [1.54, 1.807) is 18.3 Å². The molecule has 7 heteroatoms. The van der Waals surface area contributed by atoms with Crippen molar-refractivity contribution in [3.8, 4) is 0 Å². The summed E-state index contributed by atoms with van der Waals surface area (Å²) in [5.74, 6) is -0.100. The molecule has 1 heterocycles. The van der Waals surface area contributed by atoms with Crippen LogP contribution in [0, 0.1) is 0 Å². The van der Waals surface area contributed by atoms with Gasteiger partial charge in [-0.05, 0) is 54.2 Å². The van der Waals surface area contributed by atoms with E-state index in [1.807, 2.05) is 30.3 Å². The van der Waals surface area contributed by atoms with Gasteiger partial charge in [0.2, 0.25) is 5.91 Å². The van der Waals surface area contributed by atoms with Gasteiger partial charge in [0.1, 0.15) is 0 Å². The van der Waals surface area contributed by atoms with Gasteiger partial charge < -0.3 is 5.32 Å². The van der Waals surface area contributed by atoms with Crippen LogP contribution >= 0.6 is 11.8 Å². The lowest BCUT2D eigenvalue weighted by Gasteiger charge is -2.05. The van der Waals surface area contributed by atoms with E-state index in [2.05, 4.69) is 20.8 Å². The summed E-state index contributed by atoms with van der Waals surface area (Å²) in [6.45, 7) is 1.47. The predicted molar refractivity (Wildman–Crippen MR) is 89.8 cm³/mol. The van der Waals surface area contributed by atoms with E-state index in [1.165, 1.54) is 18.7 Å². The van der Waals surface area contributed by atoms with E-state index >= 15 is 0 Å². The number of carbonyl (C=O) groups is 1. The highest BCUT2D eigenvalue weighted by atomic mass is 32.2. The first kappa shape index (κ1) is 15.3. The third-order valence-electron chi connectivity index (χ3n) is 3.07. The zero-order chi connectivity index (χ0) is 16.2. The predicted octanol–water partition coefficient (Wildman–Crippen LogP) is 3.54. The Labute approximate surface area is 136 Å². The summed E-state index contributed by atoms with van der Waals surface area (Å²) < 4.78 is 0. The molecule has 0 aliphatic heterocycles. The van der Waals surface area contributed by atoms with E-state index in [-0.39, 0.29) is 5.91 Å². The molecule has 0 unspecified atom stereocenters. The molecule has 23 heavy (non-hydrogen) atoms. The smallest absolute Gasteiger partial charge is 0.221 e. The van der Waals surface area contributed by atoms with Crippen molar-refractivity contribution in [1.82, 2.24) is 9.97 Å². The standard InChI is InChI=1S/C16H14N4O2S/c1-10(21)18-12-4-6-14(7-5-12)23-16-17-9-11-2-3-13(20-22)8-15(11)19-16/h2-9,20,22H,1H3,(H,18,21). The summed E-state index contributed by atoms with van der Waals surface area (Å²) in [6.07, 6.45) is 1.75. The Morgan fingerprint density at radius 1 is 1.13 bits per heavy atom. The van der Waals surface area contributed by atoms with Gasteiger partial charge in [-0.25, -0.2) is 9.97 Å². The van der Waals surface area contributed by atoms with Crippen LogP contribution in [0.2, 0.25) is 0 Å². The highest BCUT2D eigenvalue weighted by Gasteiger charge is 2.04. The number of fused-ring (bicyclic) bond motifs is 1. The average Bonchev–Trinajstić information content (AvgIpc) is 2.55. The van der Waals surface area contributed by atoms with Crippen LogP contribution in [0.1, 0.15) is 6.92 Å². The van der Waals surface area contributed by atoms with Gasteiger partial charge in [0.05, 0.1) is 11.2 Å². The van der Waals surface area contributed by atoms with Gasteiger partial charge >= 0.3 is 0 Å². The molecular weight excluding hydrogens is 312 g/mol. The molecule has 0 atom stereocenters. The number of hydrogen-bond donors (Lipinski definition) is 3. The van der Waals surface area contributed by atoms with Crippen LogP contribution in [-0.2, 0) is 4.79 Å². The number of anilines is 2. The SMILES string of the molecule is CC(=O)Nc1ccc(Sc2ncc3ccc(NO)cc3n2)cc1. The van der Waals surface area contributed by atoms with Crippen molar-refractivity contribution < 1.29 is 10.0 Å². The summed E-state index contributed by atoms with van der Waals surface area (Å²) in [4.78, 5) is 20.8. The lowest BCUT2D eigenvalue weighted by atomic mass is 10.2. The lowest BCUT2D eigenvalue weighted by molar-refractivity contribution is -0.114. The maximum atomic E-state index is 11.0. The number of nitrogens with zero attached hydrogens (tertiary/aromatic N) is 2. The molecule has 3 aromatic rings. The molecule has 2 aromatic carbocycles. The Morgan fingerprint density at radius 2 is 1.87 bits per heavy atom. The number of carbonyl (C=O) groups excluding carboxylic acids is 1. The van der Waals surface area contributed by atoms with Crippen LogP contribution in [0.25, 0.3) is 10.9 Å². The second-order valence-electron chi connectivity index (χ2n) is 4.85. The fourth-order valence-corrected chi connectivity index (χ4v) is 2.77. The molecule has 6 nitrogen and oxygen atoms in total. The van der Waals surface area contributed by atoms with Crippen LogP contribution in [0.3, 0.4) is 0 Å². The Bertz CT molecular complexity index is 852. The quantitative estimate of drug-likeness (QED) is 0.502. The van der Waals surface area contributed by atoms with E-state index in [9.17, 15) is 4.79 Å². The van der Waals surface area contributed by atoms with Gasteiger partial charge in [0, 0.05) is 29.1 Å². The van der Waals surface area contributed by atoms with Crippen LogP contribution in [0.5, 0.6) is 0 Å². The molecule has 1 amide bonds. The van der Waals surface area contributed by atoms with Crippen LogP contribution in [0.4, 0.5) is 11.4 Å². The molecular formula is C16H14N4O2S. The molecule has 3 N–H and O–H groups in total. The minimum atomic E-state index is -0.100. The molecule has 0 bridgehead atoms. The van der Waals surface area contributed by atoms with Gasteiger partial charge in [0.15, 0.2) is 5.16 Å². The molecule has 0 radical (unpaired) electrons. The molecule has 0 saturated heterocycles. The van der Waals surface area contributed by atoms with Crippen molar-refractivity contribution in [2.75, 3.05) is 10.8 Å². The monoisotopic (exact) mass is 326 g/mol. The van der Waals surface area contributed by atoms with Crippen molar-refractivity contribution in [3.63, 3.8) is 0 Å². The Morgan fingerprint density at radius 3 is 2.57 bits per heavy atom. The number of amides is 1.